The van der Waals surface area contributed by atoms with Crippen molar-refractivity contribution in [2.75, 3.05) is 0 Å². The summed E-state index contributed by atoms with van der Waals surface area (Å²) in [7, 11) is -7.38. The second-order valence-electron chi connectivity index (χ2n) is 16.9. The van der Waals surface area contributed by atoms with Crippen molar-refractivity contribution < 1.29 is 0 Å². The van der Waals surface area contributed by atoms with E-state index in [1.165, 1.54) is 27.8 Å². The number of hydrogen-bond acceptors (Lipinski definition) is 0. The summed E-state index contributed by atoms with van der Waals surface area (Å²) in [5.41, 5.74) is 10.8. The minimum absolute atomic E-state index is 0.399. The first-order valence-electron chi connectivity index (χ1n) is 16.3. The van der Waals surface area contributed by atoms with Crippen LogP contribution in [0.2, 0.25) is 64.5 Å². The standard InChI is InChI=1S/C39H58Si4/c1-26-17-33(40(8,9)10)23-36(20-26)43(39-31(6)29(4)30(5)32(39)7,37-21-27(2)18-34(24-37)41(11,12)13)38-22-28(3)19-35(25-38)42(14,15)16/h17-25,39H,1-16H3. The van der Waals surface area contributed by atoms with Crippen molar-refractivity contribution in [1.29, 1.82) is 0 Å². The molecule has 0 fully saturated rings. The molecular weight excluding hydrogens is 581 g/mol. The molecule has 0 unspecified atom stereocenters. The number of benzene rings is 3. The molecule has 0 atom stereocenters. The van der Waals surface area contributed by atoms with E-state index in [-0.39, 0.29) is 0 Å². The molecule has 0 saturated carbocycles. The van der Waals surface area contributed by atoms with Crippen molar-refractivity contribution in [1.82, 2.24) is 0 Å². The van der Waals surface area contributed by atoms with Gasteiger partial charge in [0.25, 0.3) is 0 Å². The predicted molar refractivity (Wildman–Crippen MR) is 208 cm³/mol. The summed E-state index contributed by atoms with van der Waals surface area (Å²) in [5, 5.41) is 9.59. The van der Waals surface area contributed by atoms with Crippen molar-refractivity contribution in [3.63, 3.8) is 0 Å². The fourth-order valence-corrected chi connectivity index (χ4v) is 17.8. The molecule has 230 valence electrons. The largest absolute Gasteiger partial charge is 0.159 e. The molecule has 0 nitrogen and oxygen atoms in total. The van der Waals surface area contributed by atoms with E-state index in [4.69, 9.17) is 0 Å². The quantitative estimate of drug-likeness (QED) is 0.183. The zero-order valence-corrected chi connectivity index (χ0v) is 34.3. The predicted octanol–water partition coefficient (Wildman–Crippen LogP) is 7.77. The Hall–Kier alpha value is -1.99. The van der Waals surface area contributed by atoms with Gasteiger partial charge in [-0.1, -0.05) is 157 Å². The SMILES string of the molecule is CC1=C(C)C([Si](c2cc(C)cc([Si](C)(C)C)c2)(c2cc(C)cc([Si](C)(C)C)c2)c2cc(C)cc([Si](C)(C)C)c2)C(C)=C1C. The Labute approximate surface area is 268 Å². The lowest BCUT2D eigenvalue weighted by atomic mass is 10.1. The van der Waals surface area contributed by atoms with Crippen LogP contribution < -0.4 is 31.1 Å². The molecule has 0 bridgehead atoms. The molecule has 3 aromatic rings. The first-order chi connectivity index (χ1) is 19.6. The van der Waals surface area contributed by atoms with E-state index in [2.05, 4.69) is 162 Å². The van der Waals surface area contributed by atoms with Gasteiger partial charge in [0.1, 0.15) is 0 Å². The van der Waals surface area contributed by atoms with E-state index in [9.17, 15) is 0 Å². The summed E-state index contributed by atoms with van der Waals surface area (Å²) in [5.74, 6) is 0. The van der Waals surface area contributed by atoms with Gasteiger partial charge >= 0.3 is 0 Å². The van der Waals surface area contributed by atoms with Gasteiger partial charge in [0.05, 0.1) is 24.2 Å². The maximum absolute atomic E-state index is 2.70. The maximum Gasteiger partial charge on any atom is 0.159 e. The minimum atomic E-state index is -2.67. The van der Waals surface area contributed by atoms with E-state index in [0.717, 1.165) is 0 Å². The molecule has 0 radical (unpaired) electrons. The van der Waals surface area contributed by atoms with E-state index in [0.29, 0.717) is 5.54 Å². The van der Waals surface area contributed by atoms with Crippen molar-refractivity contribution in [2.45, 2.75) is 113 Å². The topological polar surface area (TPSA) is 0 Å². The normalized spacial score (nSPS) is 15.6. The molecule has 0 spiro atoms. The zero-order chi connectivity index (χ0) is 32.4. The Bertz CT molecular complexity index is 1450. The van der Waals surface area contributed by atoms with Gasteiger partial charge in [-0.3, -0.25) is 0 Å². The average Bonchev–Trinajstić information content (AvgIpc) is 3.05. The first-order valence-corrected chi connectivity index (χ1v) is 28.9. The Balaban J connectivity index is 2.36. The zero-order valence-electron chi connectivity index (χ0n) is 30.3. The second kappa shape index (κ2) is 11.4. The average molecular weight is 639 g/mol. The van der Waals surface area contributed by atoms with Crippen LogP contribution in [0.1, 0.15) is 44.4 Å². The lowest BCUT2D eigenvalue weighted by Gasteiger charge is -2.43. The van der Waals surface area contributed by atoms with Gasteiger partial charge in [0.2, 0.25) is 0 Å². The molecule has 0 heterocycles. The number of aryl methyl sites for hydroxylation is 3. The van der Waals surface area contributed by atoms with Crippen LogP contribution in [0.15, 0.2) is 76.9 Å². The highest BCUT2D eigenvalue weighted by molar-refractivity contribution is 7.14. The van der Waals surface area contributed by atoms with E-state index < -0.39 is 32.3 Å². The molecule has 0 saturated heterocycles. The summed E-state index contributed by atoms with van der Waals surface area (Å²) in [4.78, 5) is 0. The molecule has 4 heteroatoms. The number of allylic oxidation sites excluding steroid dienone is 4. The molecule has 0 aliphatic heterocycles. The smallest absolute Gasteiger partial charge is 0.0656 e. The van der Waals surface area contributed by atoms with Crippen LogP contribution >= 0.6 is 0 Å². The van der Waals surface area contributed by atoms with Gasteiger partial charge in [-0.25, -0.2) is 0 Å². The fraction of sp³-hybridized carbons (Fsp3) is 0.436. The third-order valence-corrected chi connectivity index (χ3v) is 21.6. The summed E-state index contributed by atoms with van der Waals surface area (Å²) in [6.07, 6.45) is 0. The van der Waals surface area contributed by atoms with Gasteiger partial charge in [0.15, 0.2) is 8.07 Å². The van der Waals surface area contributed by atoms with Gasteiger partial charge in [0, 0.05) is 5.54 Å². The highest BCUT2D eigenvalue weighted by Gasteiger charge is 2.51. The van der Waals surface area contributed by atoms with E-state index in [1.54, 1.807) is 42.3 Å². The molecule has 1 aliphatic carbocycles. The first kappa shape index (κ1) is 33.9. The summed E-state index contributed by atoms with van der Waals surface area (Å²) >= 11 is 0. The van der Waals surface area contributed by atoms with E-state index in [1.807, 2.05) is 0 Å². The lowest BCUT2D eigenvalue weighted by molar-refractivity contribution is 1.09. The maximum atomic E-state index is 2.70. The van der Waals surface area contributed by atoms with Crippen LogP contribution in [0.4, 0.5) is 0 Å². The third kappa shape index (κ3) is 6.27. The van der Waals surface area contributed by atoms with Crippen LogP contribution in [-0.4, -0.2) is 32.3 Å². The molecule has 3 aromatic carbocycles. The minimum Gasteiger partial charge on any atom is -0.0656 e. The molecule has 1 aliphatic rings. The van der Waals surface area contributed by atoms with Crippen LogP contribution in [0.5, 0.6) is 0 Å². The summed E-state index contributed by atoms with van der Waals surface area (Å²) in [6, 6.07) is 23.4. The van der Waals surface area contributed by atoms with Gasteiger partial charge < -0.3 is 0 Å². The molecular formula is C39H58Si4. The Kier molecular flexibility index (Phi) is 9.00. The molecule has 4 rings (SSSR count). The number of rotatable bonds is 7. The van der Waals surface area contributed by atoms with Crippen molar-refractivity contribution >= 4 is 63.4 Å². The summed E-state index contributed by atoms with van der Waals surface area (Å²) < 4.78 is 0. The van der Waals surface area contributed by atoms with Gasteiger partial charge in [-0.15, -0.1) is 0 Å². The highest BCUT2D eigenvalue weighted by Crippen LogP contribution is 2.46. The number of hydrogen-bond donors (Lipinski definition) is 0. The molecule has 43 heavy (non-hydrogen) atoms. The van der Waals surface area contributed by atoms with Gasteiger partial charge in [-0.2, -0.15) is 0 Å². The third-order valence-electron chi connectivity index (χ3n) is 10.2. The van der Waals surface area contributed by atoms with Crippen LogP contribution in [0.25, 0.3) is 0 Å². The Morgan fingerprint density at radius 1 is 0.349 bits per heavy atom. The van der Waals surface area contributed by atoms with Crippen molar-refractivity contribution in [2.24, 2.45) is 0 Å². The fourth-order valence-electron chi connectivity index (χ4n) is 7.33. The van der Waals surface area contributed by atoms with Crippen molar-refractivity contribution in [3.05, 3.63) is 93.6 Å². The van der Waals surface area contributed by atoms with E-state index >= 15 is 0 Å². The molecule has 0 aromatic heterocycles. The Morgan fingerprint density at radius 2 is 0.581 bits per heavy atom. The molecule has 0 amide bonds. The molecule has 0 N–H and O–H groups in total. The highest BCUT2D eigenvalue weighted by atomic mass is 28.3. The lowest BCUT2D eigenvalue weighted by Crippen LogP contribution is -2.72. The second-order valence-corrected chi connectivity index (χ2v) is 36.0. The van der Waals surface area contributed by atoms with Crippen LogP contribution in [0, 0.1) is 20.8 Å². The van der Waals surface area contributed by atoms with Crippen LogP contribution in [0.3, 0.4) is 0 Å². The Morgan fingerprint density at radius 3 is 0.814 bits per heavy atom. The van der Waals surface area contributed by atoms with Crippen molar-refractivity contribution in [3.8, 4) is 0 Å². The van der Waals surface area contributed by atoms with Crippen LogP contribution in [-0.2, 0) is 0 Å². The summed E-state index contributed by atoms with van der Waals surface area (Å²) in [6.45, 7) is 39.3. The monoisotopic (exact) mass is 638 g/mol. The van der Waals surface area contributed by atoms with Gasteiger partial charge in [-0.05, 0) is 75.2 Å².